The summed E-state index contributed by atoms with van der Waals surface area (Å²) in [5.41, 5.74) is 0. The van der Waals surface area contributed by atoms with Crippen LogP contribution in [0.2, 0.25) is 0 Å². The summed E-state index contributed by atoms with van der Waals surface area (Å²) >= 11 is 0. The Hall–Kier alpha value is -1.40. The lowest BCUT2D eigenvalue weighted by atomic mass is 10.2. The van der Waals surface area contributed by atoms with E-state index in [1.54, 1.807) is 0 Å². The number of morpholine rings is 1. The van der Waals surface area contributed by atoms with E-state index < -0.39 is 0 Å². The monoisotopic (exact) mass is 319 g/mol. The van der Waals surface area contributed by atoms with Crippen LogP contribution in [0.15, 0.2) is 6.07 Å². The molecule has 3 rings (SSSR count). The molecule has 1 aromatic heterocycles. The molecule has 0 aromatic carbocycles. The fourth-order valence-corrected chi connectivity index (χ4v) is 3.27. The second-order valence-corrected chi connectivity index (χ2v) is 6.44. The van der Waals surface area contributed by atoms with Gasteiger partial charge in [-0.15, -0.1) is 0 Å². The van der Waals surface area contributed by atoms with Gasteiger partial charge in [0.1, 0.15) is 17.5 Å². The topological polar surface area (TPSA) is 53.5 Å². The second-order valence-electron chi connectivity index (χ2n) is 6.44. The first-order chi connectivity index (χ1) is 11.3. The summed E-state index contributed by atoms with van der Waals surface area (Å²) in [5.74, 6) is 2.87. The highest BCUT2D eigenvalue weighted by atomic mass is 16.5. The number of hydrogen-bond acceptors (Lipinski definition) is 6. The molecule has 1 aromatic rings. The zero-order chi connectivity index (χ0) is 15.9. The maximum atomic E-state index is 5.38. The molecular weight excluding hydrogens is 290 g/mol. The maximum absolute atomic E-state index is 5.38. The van der Waals surface area contributed by atoms with Gasteiger partial charge in [0.2, 0.25) is 0 Å². The summed E-state index contributed by atoms with van der Waals surface area (Å²) in [5, 5.41) is 3.47. The Balaban J connectivity index is 1.56. The van der Waals surface area contributed by atoms with Gasteiger partial charge in [-0.05, 0) is 19.8 Å². The fourth-order valence-electron chi connectivity index (χ4n) is 3.27. The van der Waals surface area contributed by atoms with Crippen molar-refractivity contribution in [3.8, 4) is 0 Å². The molecule has 23 heavy (non-hydrogen) atoms. The van der Waals surface area contributed by atoms with Gasteiger partial charge in [-0.25, -0.2) is 9.97 Å². The number of nitrogens with one attached hydrogen (secondary N) is 1. The van der Waals surface area contributed by atoms with Crippen molar-refractivity contribution in [2.45, 2.75) is 32.6 Å². The molecule has 128 valence electrons. The van der Waals surface area contributed by atoms with Crippen molar-refractivity contribution >= 4 is 11.6 Å². The Morgan fingerprint density at radius 2 is 1.78 bits per heavy atom. The third kappa shape index (κ3) is 5.04. The molecule has 0 radical (unpaired) electrons. The Morgan fingerprint density at radius 3 is 2.52 bits per heavy atom. The molecule has 6 heteroatoms. The minimum absolute atomic E-state index is 0.848. The Labute approximate surface area is 139 Å². The SMILES string of the molecule is Cc1nc(NCCN2CCOCC2)cc(N2CCCCCC2)n1. The summed E-state index contributed by atoms with van der Waals surface area (Å²) < 4.78 is 5.38. The Morgan fingerprint density at radius 1 is 1.04 bits per heavy atom. The molecule has 2 saturated heterocycles. The lowest BCUT2D eigenvalue weighted by Gasteiger charge is -2.26. The zero-order valence-electron chi connectivity index (χ0n) is 14.3. The predicted molar refractivity (Wildman–Crippen MR) is 93.2 cm³/mol. The number of aromatic nitrogens is 2. The van der Waals surface area contributed by atoms with Crippen molar-refractivity contribution in [3.63, 3.8) is 0 Å². The van der Waals surface area contributed by atoms with Crippen LogP contribution in [0.4, 0.5) is 11.6 Å². The number of hydrogen-bond donors (Lipinski definition) is 1. The molecule has 2 aliphatic rings. The summed E-state index contributed by atoms with van der Waals surface area (Å²) in [4.78, 5) is 14.0. The molecule has 2 aliphatic heterocycles. The second kappa shape index (κ2) is 8.45. The number of ether oxygens (including phenoxy) is 1. The van der Waals surface area contributed by atoms with E-state index >= 15 is 0 Å². The number of rotatable bonds is 5. The summed E-state index contributed by atoms with van der Waals surface area (Å²) in [6.45, 7) is 9.92. The van der Waals surface area contributed by atoms with Crippen LogP contribution in [0.25, 0.3) is 0 Å². The van der Waals surface area contributed by atoms with Crippen LogP contribution in [-0.4, -0.2) is 67.4 Å². The van der Waals surface area contributed by atoms with Gasteiger partial charge >= 0.3 is 0 Å². The normalized spacial score (nSPS) is 20.3. The summed E-state index contributed by atoms with van der Waals surface area (Å²) in [6, 6.07) is 2.11. The van der Waals surface area contributed by atoms with E-state index in [4.69, 9.17) is 4.74 Å². The highest BCUT2D eigenvalue weighted by molar-refractivity contribution is 5.49. The number of aryl methyl sites for hydroxylation is 1. The first kappa shape index (κ1) is 16.5. The standard InChI is InChI=1S/C17H29N5O/c1-15-19-16(18-6-9-21-10-12-23-13-11-21)14-17(20-15)22-7-4-2-3-5-8-22/h14H,2-13H2,1H3,(H,18,19,20). The van der Waals surface area contributed by atoms with Gasteiger partial charge in [0.15, 0.2) is 0 Å². The van der Waals surface area contributed by atoms with Gasteiger partial charge in [0.05, 0.1) is 13.2 Å². The summed E-state index contributed by atoms with van der Waals surface area (Å²) in [7, 11) is 0. The minimum atomic E-state index is 0.848. The van der Waals surface area contributed by atoms with Crippen molar-refractivity contribution in [1.29, 1.82) is 0 Å². The lowest BCUT2D eigenvalue weighted by Crippen LogP contribution is -2.39. The van der Waals surface area contributed by atoms with E-state index in [0.29, 0.717) is 0 Å². The highest BCUT2D eigenvalue weighted by Crippen LogP contribution is 2.20. The quantitative estimate of drug-likeness (QED) is 0.895. The van der Waals surface area contributed by atoms with Crippen molar-refractivity contribution in [3.05, 3.63) is 11.9 Å². The maximum Gasteiger partial charge on any atom is 0.134 e. The van der Waals surface area contributed by atoms with E-state index in [-0.39, 0.29) is 0 Å². The van der Waals surface area contributed by atoms with Crippen LogP contribution in [-0.2, 0) is 4.74 Å². The molecule has 0 unspecified atom stereocenters. The van der Waals surface area contributed by atoms with Crippen LogP contribution in [0.5, 0.6) is 0 Å². The minimum Gasteiger partial charge on any atom is -0.379 e. The van der Waals surface area contributed by atoms with Gasteiger partial charge < -0.3 is 15.0 Å². The molecule has 1 N–H and O–H groups in total. The molecule has 2 fully saturated rings. The first-order valence-corrected chi connectivity index (χ1v) is 8.96. The molecule has 6 nitrogen and oxygen atoms in total. The number of anilines is 2. The molecule has 0 saturated carbocycles. The molecular formula is C17H29N5O. The smallest absolute Gasteiger partial charge is 0.134 e. The van der Waals surface area contributed by atoms with Gasteiger partial charge in [-0.3, -0.25) is 4.90 Å². The van der Waals surface area contributed by atoms with E-state index in [9.17, 15) is 0 Å². The van der Waals surface area contributed by atoms with Gasteiger partial charge in [0.25, 0.3) is 0 Å². The van der Waals surface area contributed by atoms with Crippen LogP contribution in [0, 0.1) is 6.92 Å². The van der Waals surface area contributed by atoms with Crippen LogP contribution in [0.3, 0.4) is 0 Å². The van der Waals surface area contributed by atoms with E-state index in [1.807, 2.05) is 6.92 Å². The molecule has 0 bridgehead atoms. The van der Waals surface area contributed by atoms with Crippen LogP contribution < -0.4 is 10.2 Å². The largest absolute Gasteiger partial charge is 0.379 e. The number of nitrogens with zero attached hydrogens (tertiary/aromatic N) is 4. The van der Waals surface area contributed by atoms with Gasteiger partial charge in [0, 0.05) is 45.3 Å². The van der Waals surface area contributed by atoms with Gasteiger partial charge in [-0.1, -0.05) is 12.8 Å². The van der Waals surface area contributed by atoms with Crippen LogP contribution in [0.1, 0.15) is 31.5 Å². The fraction of sp³-hybridized carbons (Fsp3) is 0.765. The van der Waals surface area contributed by atoms with Crippen molar-refractivity contribution in [2.75, 3.05) is 62.7 Å². The molecule has 0 spiro atoms. The van der Waals surface area contributed by atoms with Crippen LogP contribution >= 0.6 is 0 Å². The van der Waals surface area contributed by atoms with E-state index in [2.05, 4.69) is 31.2 Å². The van der Waals surface area contributed by atoms with Crippen molar-refractivity contribution < 1.29 is 4.74 Å². The Kier molecular flexibility index (Phi) is 6.05. The van der Waals surface area contributed by atoms with E-state index in [1.165, 1.54) is 25.7 Å². The van der Waals surface area contributed by atoms with Crippen molar-refractivity contribution in [2.24, 2.45) is 0 Å². The third-order valence-corrected chi connectivity index (χ3v) is 4.59. The summed E-state index contributed by atoms with van der Waals surface area (Å²) in [6.07, 6.45) is 5.21. The molecule has 0 aliphatic carbocycles. The predicted octanol–water partition coefficient (Wildman–Crippen LogP) is 1.91. The lowest BCUT2D eigenvalue weighted by molar-refractivity contribution is 0.0398. The van der Waals surface area contributed by atoms with Gasteiger partial charge in [-0.2, -0.15) is 0 Å². The molecule has 3 heterocycles. The average molecular weight is 319 g/mol. The first-order valence-electron chi connectivity index (χ1n) is 8.96. The zero-order valence-corrected chi connectivity index (χ0v) is 14.3. The third-order valence-electron chi connectivity index (χ3n) is 4.59. The van der Waals surface area contributed by atoms with Crippen molar-refractivity contribution in [1.82, 2.24) is 14.9 Å². The molecule has 0 amide bonds. The highest BCUT2D eigenvalue weighted by Gasteiger charge is 2.13. The Bertz CT molecular complexity index is 482. The van der Waals surface area contributed by atoms with E-state index in [0.717, 1.165) is 69.9 Å². The molecule has 0 atom stereocenters. The average Bonchev–Trinajstić information content (AvgIpc) is 2.85.